The maximum atomic E-state index is 5.80. The van der Waals surface area contributed by atoms with E-state index in [0.29, 0.717) is 16.6 Å². The van der Waals surface area contributed by atoms with Gasteiger partial charge in [0, 0.05) is 0 Å². The number of halogens is 1. The van der Waals surface area contributed by atoms with Gasteiger partial charge in [-0.1, -0.05) is 23.7 Å². The fourth-order valence-electron chi connectivity index (χ4n) is 1.42. The maximum Gasteiger partial charge on any atom is 0.323 e. The highest BCUT2D eigenvalue weighted by molar-refractivity contribution is 6.32. The Morgan fingerprint density at radius 1 is 1.31 bits per heavy atom. The van der Waals surface area contributed by atoms with E-state index in [2.05, 4.69) is 10.1 Å². The van der Waals surface area contributed by atoms with E-state index < -0.39 is 0 Å². The number of oxazole rings is 1. The number of nitrogens with zero attached hydrogens (tertiary/aromatic N) is 3. The van der Waals surface area contributed by atoms with Gasteiger partial charge < -0.3 is 10.2 Å². The van der Waals surface area contributed by atoms with Crippen molar-refractivity contribution < 1.29 is 4.42 Å². The smallest absolute Gasteiger partial charge is 0.323 e. The minimum atomic E-state index is 0.254. The Balaban J connectivity index is 2.18. The summed E-state index contributed by atoms with van der Waals surface area (Å²) < 4.78 is 6.91. The number of aromatic nitrogens is 3. The monoisotopic (exact) mass is 234 g/mol. The van der Waals surface area contributed by atoms with Crippen LogP contribution in [0.4, 0.5) is 5.82 Å². The van der Waals surface area contributed by atoms with Gasteiger partial charge in [0.1, 0.15) is 10.5 Å². The van der Waals surface area contributed by atoms with Gasteiger partial charge in [0.05, 0.1) is 6.20 Å². The molecule has 3 rings (SSSR count). The topological polar surface area (TPSA) is 69.9 Å². The van der Waals surface area contributed by atoms with Crippen molar-refractivity contribution in [2.24, 2.45) is 0 Å². The molecule has 6 heteroatoms. The second-order valence-corrected chi connectivity index (χ2v) is 3.68. The summed E-state index contributed by atoms with van der Waals surface area (Å²) in [5.41, 5.74) is 7.00. The lowest BCUT2D eigenvalue weighted by Gasteiger charge is -1.89. The third-order valence-corrected chi connectivity index (χ3v) is 2.47. The Morgan fingerprint density at radius 3 is 2.81 bits per heavy atom. The molecule has 0 aliphatic carbocycles. The van der Waals surface area contributed by atoms with Crippen molar-refractivity contribution >= 4 is 28.5 Å². The molecule has 0 saturated carbocycles. The van der Waals surface area contributed by atoms with Crippen LogP contribution in [0.2, 0.25) is 5.02 Å². The first kappa shape index (κ1) is 9.23. The molecule has 5 nitrogen and oxygen atoms in total. The zero-order valence-electron chi connectivity index (χ0n) is 8.09. The van der Waals surface area contributed by atoms with Crippen LogP contribution in [-0.2, 0) is 0 Å². The van der Waals surface area contributed by atoms with Gasteiger partial charge in [0.25, 0.3) is 0 Å². The third kappa shape index (κ3) is 1.33. The Morgan fingerprint density at radius 2 is 2.12 bits per heavy atom. The third-order valence-electron chi connectivity index (χ3n) is 2.17. The first-order valence-corrected chi connectivity index (χ1v) is 4.98. The van der Waals surface area contributed by atoms with Crippen LogP contribution in [0, 0.1) is 0 Å². The van der Waals surface area contributed by atoms with Crippen LogP contribution in [0.3, 0.4) is 0 Å². The highest BCUT2D eigenvalue weighted by Crippen LogP contribution is 2.21. The molecule has 80 valence electrons. The molecule has 0 aliphatic heterocycles. The molecule has 0 bridgehead atoms. The van der Waals surface area contributed by atoms with Gasteiger partial charge in [-0.25, -0.2) is 0 Å². The van der Waals surface area contributed by atoms with Gasteiger partial charge in [-0.2, -0.15) is 9.67 Å². The fraction of sp³-hybridized carbons (Fsp3) is 0. The predicted octanol–water partition coefficient (Wildman–Crippen LogP) is 2.25. The lowest BCUT2D eigenvalue weighted by atomic mass is 10.3. The van der Waals surface area contributed by atoms with E-state index in [0.717, 1.165) is 5.52 Å². The average Bonchev–Trinajstić information content (AvgIpc) is 2.83. The zero-order chi connectivity index (χ0) is 11.1. The minimum Gasteiger partial charge on any atom is -0.422 e. The van der Waals surface area contributed by atoms with Crippen molar-refractivity contribution in [3.05, 3.63) is 35.5 Å². The van der Waals surface area contributed by atoms with E-state index in [4.69, 9.17) is 21.8 Å². The van der Waals surface area contributed by atoms with Gasteiger partial charge in [-0.15, -0.1) is 5.10 Å². The summed E-state index contributed by atoms with van der Waals surface area (Å²) in [5, 5.41) is 4.36. The summed E-state index contributed by atoms with van der Waals surface area (Å²) in [4.78, 5) is 4.26. The number of rotatable bonds is 1. The van der Waals surface area contributed by atoms with Crippen LogP contribution in [0.1, 0.15) is 0 Å². The molecule has 0 unspecified atom stereocenters. The number of fused-ring (bicyclic) bond motifs is 1. The number of hydrogen-bond acceptors (Lipinski definition) is 4. The van der Waals surface area contributed by atoms with E-state index in [1.54, 1.807) is 6.20 Å². The first-order chi connectivity index (χ1) is 7.74. The Bertz CT molecular complexity index is 605. The number of nitrogen functional groups attached to an aromatic ring is 1. The lowest BCUT2D eigenvalue weighted by Crippen LogP contribution is -1.95. The minimum absolute atomic E-state index is 0.254. The molecular weight excluding hydrogens is 228 g/mol. The van der Waals surface area contributed by atoms with Crippen molar-refractivity contribution in [1.29, 1.82) is 0 Å². The van der Waals surface area contributed by atoms with E-state index in [1.165, 1.54) is 4.68 Å². The van der Waals surface area contributed by atoms with E-state index in [-0.39, 0.29) is 5.82 Å². The first-order valence-electron chi connectivity index (χ1n) is 4.60. The zero-order valence-corrected chi connectivity index (χ0v) is 8.85. The Hall–Kier alpha value is -2.01. The largest absolute Gasteiger partial charge is 0.422 e. The summed E-state index contributed by atoms with van der Waals surface area (Å²) in [6.45, 7) is 0. The molecule has 0 aliphatic rings. The standard InChI is InChI=1S/C10H7ClN4O/c11-6-5-15(14-9(6)12)10-13-7-3-1-2-4-8(7)16-10/h1-5H,(H2,12,14). The second kappa shape index (κ2) is 3.24. The van der Waals surface area contributed by atoms with Crippen LogP contribution in [0.15, 0.2) is 34.9 Å². The summed E-state index contributed by atoms with van der Waals surface area (Å²) in [6.07, 6.45) is 1.56. The molecule has 0 amide bonds. The van der Waals surface area contributed by atoms with E-state index in [9.17, 15) is 0 Å². The molecule has 0 radical (unpaired) electrons. The number of hydrogen-bond donors (Lipinski definition) is 1. The van der Waals surface area contributed by atoms with Gasteiger partial charge in [-0.05, 0) is 12.1 Å². The predicted molar refractivity (Wildman–Crippen MR) is 60.6 cm³/mol. The van der Waals surface area contributed by atoms with Crippen LogP contribution in [0.25, 0.3) is 17.1 Å². The Labute approximate surface area is 95.4 Å². The van der Waals surface area contributed by atoms with Crippen LogP contribution >= 0.6 is 11.6 Å². The highest BCUT2D eigenvalue weighted by atomic mass is 35.5. The second-order valence-electron chi connectivity index (χ2n) is 3.27. The summed E-state index contributed by atoms with van der Waals surface area (Å²) in [7, 11) is 0. The van der Waals surface area contributed by atoms with E-state index >= 15 is 0 Å². The average molecular weight is 235 g/mol. The number of anilines is 1. The molecule has 0 atom stereocenters. The highest BCUT2D eigenvalue weighted by Gasteiger charge is 2.10. The summed E-state index contributed by atoms with van der Waals surface area (Å²) in [6, 6.07) is 7.80. The van der Waals surface area contributed by atoms with E-state index in [1.807, 2.05) is 24.3 Å². The van der Waals surface area contributed by atoms with Gasteiger partial charge in [0.15, 0.2) is 11.4 Å². The van der Waals surface area contributed by atoms with Crippen molar-refractivity contribution in [2.45, 2.75) is 0 Å². The molecule has 3 aromatic rings. The van der Waals surface area contributed by atoms with Crippen molar-refractivity contribution in [1.82, 2.24) is 14.8 Å². The molecule has 0 spiro atoms. The number of para-hydroxylation sites is 2. The normalized spacial score (nSPS) is 11.1. The Kier molecular flexibility index (Phi) is 1.87. The van der Waals surface area contributed by atoms with Crippen molar-refractivity contribution in [3.63, 3.8) is 0 Å². The molecule has 0 saturated heterocycles. The molecule has 2 heterocycles. The SMILES string of the molecule is Nc1nn(-c2nc3ccccc3o2)cc1Cl. The van der Waals surface area contributed by atoms with Crippen molar-refractivity contribution in [2.75, 3.05) is 5.73 Å². The molecular formula is C10H7ClN4O. The lowest BCUT2D eigenvalue weighted by molar-refractivity contribution is 0.544. The van der Waals surface area contributed by atoms with Gasteiger partial charge in [-0.3, -0.25) is 0 Å². The number of benzene rings is 1. The summed E-state index contributed by atoms with van der Waals surface area (Å²) >= 11 is 5.80. The maximum absolute atomic E-state index is 5.80. The number of nitrogens with two attached hydrogens (primary N) is 1. The molecule has 2 N–H and O–H groups in total. The van der Waals surface area contributed by atoms with Crippen molar-refractivity contribution in [3.8, 4) is 6.01 Å². The quantitative estimate of drug-likeness (QED) is 0.701. The van der Waals surface area contributed by atoms with Gasteiger partial charge >= 0.3 is 6.01 Å². The summed E-state index contributed by atoms with van der Waals surface area (Å²) in [5.74, 6) is 0.254. The van der Waals surface area contributed by atoms with Gasteiger partial charge in [0.2, 0.25) is 0 Å². The molecule has 2 aromatic heterocycles. The molecule has 16 heavy (non-hydrogen) atoms. The fourth-order valence-corrected chi connectivity index (χ4v) is 1.55. The van der Waals surface area contributed by atoms with Crippen LogP contribution in [-0.4, -0.2) is 14.8 Å². The molecule has 1 aromatic carbocycles. The molecule has 0 fully saturated rings. The van der Waals surface area contributed by atoms with Crippen LogP contribution in [0.5, 0.6) is 0 Å². The van der Waals surface area contributed by atoms with Crippen LogP contribution < -0.4 is 5.73 Å².